The summed E-state index contributed by atoms with van der Waals surface area (Å²) in [6, 6.07) is 0.0363. The summed E-state index contributed by atoms with van der Waals surface area (Å²) >= 11 is 0. The second-order valence-electron chi connectivity index (χ2n) is 5.39. The van der Waals surface area contributed by atoms with Gasteiger partial charge in [0.25, 0.3) is 0 Å². The molecule has 5 heteroatoms. The Morgan fingerprint density at radius 1 is 1.24 bits per heavy atom. The van der Waals surface area contributed by atoms with Gasteiger partial charge in [0, 0.05) is 19.4 Å². The van der Waals surface area contributed by atoms with E-state index in [4.69, 9.17) is 9.47 Å². The number of carbonyl (C=O) groups is 2. The van der Waals surface area contributed by atoms with Gasteiger partial charge in [0.1, 0.15) is 11.7 Å². The number of hydrogen-bond acceptors (Lipinski definition) is 4. The minimum absolute atomic E-state index is 0.0363. The van der Waals surface area contributed by atoms with Gasteiger partial charge in [-0.15, -0.1) is 0 Å². The van der Waals surface area contributed by atoms with Gasteiger partial charge in [-0.2, -0.15) is 0 Å². The van der Waals surface area contributed by atoms with Crippen LogP contribution in [-0.4, -0.2) is 29.8 Å². The molecule has 0 aromatic carbocycles. The van der Waals surface area contributed by atoms with Crippen LogP contribution in [0.4, 0.5) is 4.79 Å². The van der Waals surface area contributed by atoms with E-state index in [-0.39, 0.29) is 18.1 Å². The molecule has 0 aliphatic heterocycles. The lowest BCUT2D eigenvalue weighted by atomic mass is 10.2. The van der Waals surface area contributed by atoms with E-state index < -0.39 is 11.7 Å². The van der Waals surface area contributed by atoms with Gasteiger partial charge in [0.2, 0.25) is 0 Å². The predicted octanol–water partition coefficient (Wildman–Crippen LogP) is 2.00. The fourth-order valence-corrected chi connectivity index (χ4v) is 1.89. The first kappa shape index (κ1) is 13.8. The highest BCUT2D eigenvalue weighted by atomic mass is 16.6. The van der Waals surface area contributed by atoms with E-state index in [1.807, 2.05) is 20.8 Å². The van der Waals surface area contributed by atoms with Crippen LogP contribution in [0.5, 0.6) is 0 Å². The van der Waals surface area contributed by atoms with E-state index in [2.05, 4.69) is 5.32 Å². The predicted molar refractivity (Wildman–Crippen MR) is 62.6 cm³/mol. The Balaban J connectivity index is 2.30. The van der Waals surface area contributed by atoms with Crippen molar-refractivity contribution >= 4 is 12.1 Å². The largest absolute Gasteiger partial charge is 0.462 e. The zero-order chi connectivity index (χ0) is 13.1. The van der Waals surface area contributed by atoms with Gasteiger partial charge in [0.05, 0.1) is 0 Å². The lowest BCUT2D eigenvalue weighted by molar-refractivity contribution is -0.145. The maximum Gasteiger partial charge on any atom is 0.407 e. The minimum atomic E-state index is -0.488. The summed E-state index contributed by atoms with van der Waals surface area (Å²) in [5, 5.41) is 2.79. The minimum Gasteiger partial charge on any atom is -0.462 e. The highest BCUT2D eigenvalue weighted by Crippen LogP contribution is 2.22. The molecule has 1 aliphatic rings. The second kappa shape index (κ2) is 5.38. The first-order valence-corrected chi connectivity index (χ1v) is 5.93. The number of carbonyl (C=O) groups excluding carboxylic acids is 2. The molecule has 1 aliphatic carbocycles. The second-order valence-corrected chi connectivity index (χ2v) is 5.39. The van der Waals surface area contributed by atoms with Crippen molar-refractivity contribution in [2.24, 2.45) is 0 Å². The van der Waals surface area contributed by atoms with Crippen LogP contribution >= 0.6 is 0 Å². The molecule has 0 aromatic rings. The average molecular weight is 243 g/mol. The number of amides is 1. The molecule has 0 saturated heterocycles. The summed E-state index contributed by atoms with van der Waals surface area (Å²) < 4.78 is 10.3. The van der Waals surface area contributed by atoms with Gasteiger partial charge < -0.3 is 14.8 Å². The molecule has 5 nitrogen and oxygen atoms in total. The monoisotopic (exact) mass is 243 g/mol. The summed E-state index contributed by atoms with van der Waals surface area (Å²) in [5.41, 5.74) is -0.488. The topological polar surface area (TPSA) is 64.6 Å². The molecule has 98 valence electrons. The van der Waals surface area contributed by atoms with Crippen molar-refractivity contribution in [3.63, 3.8) is 0 Å². The summed E-state index contributed by atoms with van der Waals surface area (Å²) in [6.07, 6.45) is 1.79. The van der Waals surface area contributed by atoms with E-state index in [1.54, 1.807) is 0 Å². The van der Waals surface area contributed by atoms with E-state index in [1.165, 1.54) is 6.92 Å². The summed E-state index contributed by atoms with van der Waals surface area (Å²) in [7, 11) is 0. The number of ether oxygens (including phenoxy) is 2. The van der Waals surface area contributed by atoms with Crippen LogP contribution in [0.2, 0.25) is 0 Å². The van der Waals surface area contributed by atoms with Gasteiger partial charge >= 0.3 is 12.1 Å². The molecule has 1 fully saturated rings. The molecule has 2 atom stereocenters. The normalized spacial score (nSPS) is 24.2. The molecule has 1 N–H and O–H groups in total. The van der Waals surface area contributed by atoms with Crippen molar-refractivity contribution in [3.8, 4) is 0 Å². The molecule has 0 spiro atoms. The fourth-order valence-electron chi connectivity index (χ4n) is 1.89. The van der Waals surface area contributed by atoms with Gasteiger partial charge in [-0.05, 0) is 33.6 Å². The Labute approximate surface area is 102 Å². The number of alkyl carbamates (subject to hydrolysis) is 1. The van der Waals surface area contributed by atoms with Gasteiger partial charge in [-0.3, -0.25) is 4.79 Å². The summed E-state index contributed by atoms with van der Waals surface area (Å²) in [4.78, 5) is 22.3. The van der Waals surface area contributed by atoms with Gasteiger partial charge in [-0.25, -0.2) is 4.79 Å². The maximum atomic E-state index is 11.5. The van der Waals surface area contributed by atoms with Crippen LogP contribution in [-0.2, 0) is 14.3 Å². The molecule has 17 heavy (non-hydrogen) atoms. The van der Waals surface area contributed by atoms with E-state index in [0.29, 0.717) is 6.42 Å². The van der Waals surface area contributed by atoms with Crippen molar-refractivity contribution in [1.82, 2.24) is 5.32 Å². The molecule has 1 saturated carbocycles. The smallest absolute Gasteiger partial charge is 0.407 e. The molecule has 1 amide bonds. The first-order chi connectivity index (χ1) is 7.76. The highest BCUT2D eigenvalue weighted by Gasteiger charge is 2.29. The van der Waals surface area contributed by atoms with Crippen molar-refractivity contribution in [3.05, 3.63) is 0 Å². The standard InChI is InChI=1S/C12H21NO4/c1-8(14)16-10-6-5-9(7-10)13-11(15)17-12(2,3)4/h9-10H,5-7H2,1-4H3,(H,13,15)/t9-,10+/m0/s1. The highest BCUT2D eigenvalue weighted by molar-refractivity contribution is 5.68. The van der Waals surface area contributed by atoms with Gasteiger partial charge in [0.15, 0.2) is 0 Å². The Bertz CT molecular complexity index is 295. The molecule has 0 aromatic heterocycles. The maximum absolute atomic E-state index is 11.5. The molecular formula is C12H21NO4. The third-order valence-corrected chi connectivity index (χ3v) is 2.44. The van der Waals surface area contributed by atoms with Crippen molar-refractivity contribution in [2.75, 3.05) is 0 Å². The van der Waals surface area contributed by atoms with E-state index in [9.17, 15) is 9.59 Å². The van der Waals surface area contributed by atoms with Crippen LogP contribution in [0, 0.1) is 0 Å². The molecule has 0 heterocycles. The van der Waals surface area contributed by atoms with Crippen LogP contribution < -0.4 is 5.32 Å². The van der Waals surface area contributed by atoms with E-state index in [0.717, 1.165) is 12.8 Å². The molecule has 0 bridgehead atoms. The van der Waals surface area contributed by atoms with Crippen molar-refractivity contribution in [2.45, 2.75) is 64.7 Å². The summed E-state index contributed by atoms with van der Waals surface area (Å²) in [6.45, 7) is 6.86. The number of hydrogen-bond donors (Lipinski definition) is 1. The van der Waals surface area contributed by atoms with Crippen LogP contribution in [0.25, 0.3) is 0 Å². The molecule has 0 radical (unpaired) electrons. The average Bonchev–Trinajstić information content (AvgIpc) is 2.46. The molecule has 1 rings (SSSR count). The van der Waals surface area contributed by atoms with Crippen molar-refractivity contribution < 1.29 is 19.1 Å². The number of esters is 1. The Morgan fingerprint density at radius 3 is 2.41 bits per heavy atom. The number of rotatable bonds is 2. The Kier molecular flexibility index (Phi) is 4.37. The zero-order valence-electron chi connectivity index (χ0n) is 10.9. The molecule has 0 unspecified atom stereocenters. The quantitative estimate of drug-likeness (QED) is 0.753. The third kappa shape index (κ3) is 5.56. The van der Waals surface area contributed by atoms with E-state index >= 15 is 0 Å². The van der Waals surface area contributed by atoms with Crippen LogP contribution in [0.15, 0.2) is 0 Å². The van der Waals surface area contributed by atoms with Gasteiger partial charge in [-0.1, -0.05) is 0 Å². The third-order valence-electron chi connectivity index (χ3n) is 2.44. The lowest BCUT2D eigenvalue weighted by Crippen LogP contribution is -2.38. The zero-order valence-corrected chi connectivity index (χ0v) is 10.9. The first-order valence-electron chi connectivity index (χ1n) is 5.93. The Hall–Kier alpha value is -1.26. The SMILES string of the molecule is CC(=O)O[C@@H]1CC[C@H](NC(=O)OC(C)(C)C)C1. The summed E-state index contributed by atoms with van der Waals surface area (Å²) in [5.74, 6) is -0.270. The molecular weight excluding hydrogens is 222 g/mol. The van der Waals surface area contributed by atoms with Crippen LogP contribution in [0.1, 0.15) is 47.0 Å². The van der Waals surface area contributed by atoms with Crippen molar-refractivity contribution in [1.29, 1.82) is 0 Å². The number of nitrogens with one attached hydrogen (secondary N) is 1. The Morgan fingerprint density at radius 2 is 1.88 bits per heavy atom. The fraction of sp³-hybridized carbons (Fsp3) is 0.833. The van der Waals surface area contributed by atoms with Crippen LogP contribution in [0.3, 0.4) is 0 Å². The lowest BCUT2D eigenvalue weighted by Gasteiger charge is -2.21.